The molecule has 0 aliphatic carbocycles. The summed E-state index contributed by atoms with van der Waals surface area (Å²) in [6.07, 6.45) is 0. The minimum Gasteiger partial charge on any atom is 0 e. The molecule has 0 aliphatic heterocycles. The average Bonchev–Trinajstić information content (AvgIpc) is 0. The van der Waals surface area contributed by atoms with Crippen molar-refractivity contribution >= 4 is 27.3 Å². The molecule has 0 amide bonds. The summed E-state index contributed by atoms with van der Waals surface area (Å²) in [4.78, 5) is 0. The molecule has 0 spiro atoms. The van der Waals surface area contributed by atoms with Gasteiger partial charge in [0.05, 0.1) is 0 Å². The standard InChI is InChI=1S/3Pr.Tl. The van der Waals surface area contributed by atoms with Crippen molar-refractivity contribution in [1.29, 1.82) is 0 Å². The van der Waals surface area contributed by atoms with Gasteiger partial charge < -0.3 is 0 Å². The molecule has 0 aromatic rings. The van der Waals surface area contributed by atoms with Gasteiger partial charge in [0, 0.05) is 151 Å². The van der Waals surface area contributed by atoms with Crippen LogP contribution in [-0.4, -0.2) is 27.3 Å². The Hall–Kier alpha value is 5.01. The van der Waals surface area contributed by atoms with E-state index in [9.17, 15) is 0 Å². The van der Waals surface area contributed by atoms with E-state index < -0.39 is 0 Å². The van der Waals surface area contributed by atoms with Gasteiger partial charge in [-0.15, -0.1) is 0 Å². The Balaban J connectivity index is 0. The molecule has 0 bridgehead atoms. The molecule has 0 saturated carbocycles. The van der Waals surface area contributed by atoms with Gasteiger partial charge in [-0.3, -0.25) is 0 Å². The van der Waals surface area contributed by atoms with E-state index in [1.165, 1.54) is 0 Å². The summed E-state index contributed by atoms with van der Waals surface area (Å²) in [7, 11) is 0. The molecule has 4 heavy (non-hydrogen) atoms. The van der Waals surface area contributed by atoms with Crippen LogP contribution in [0.25, 0.3) is 0 Å². The third-order valence-corrected chi connectivity index (χ3v) is 0. The van der Waals surface area contributed by atoms with E-state index in [1.54, 1.807) is 0 Å². The first kappa shape index (κ1) is 23.0. The molecule has 0 unspecified atom stereocenters. The van der Waals surface area contributed by atoms with E-state index in [2.05, 4.69) is 0 Å². The second-order valence-corrected chi connectivity index (χ2v) is 0. The second kappa shape index (κ2) is 15.7. The molecule has 4 radical (unpaired) electrons. The van der Waals surface area contributed by atoms with Crippen molar-refractivity contribution in [2.75, 3.05) is 0 Å². The molecular formula is Pr3Tl. The predicted molar refractivity (Wildman–Crippen MR) is 5.75 cm³/mol. The van der Waals surface area contributed by atoms with Crippen LogP contribution in [0.5, 0.6) is 0 Å². The normalized spacial score (nSPS) is 0. The summed E-state index contributed by atoms with van der Waals surface area (Å²) in [5.41, 5.74) is 0. The van der Waals surface area contributed by atoms with Crippen molar-refractivity contribution in [3.63, 3.8) is 0 Å². The molecule has 0 N–H and O–H groups in total. The van der Waals surface area contributed by atoms with Crippen LogP contribution in [0.15, 0.2) is 0 Å². The summed E-state index contributed by atoms with van der Waals surface area (Å²) in [6, 6.07) is 0. The first-order chi connectivity index (χ1) is 0. The van der Waals surface area contributed by atoms with Gasteiger partial charge >= 0.3 is 0 Å². The van der Waals surface area contributed by atoms with Gasteiger partial charge in [0.1, 0.15) is 0 Å². The van der Waals surface area contributed by atoms with Crippen LogP contribution in [0.4, 0.5) is 0 Å². The van der Waals surface area contributed by atoms with Gasteiger partial charge in [-0.1, -0.05) is 0 Å². The van der Waals surface area contributed by atoms with Crippen molar-refractivity contribution in [2.45, 2.75) is 0 Å². The second-order valence-electron chi connectivity index (χ2n) is 0. The first-order valence-corrected chi connectivity index (χ1v) is 0. The SMILES string of the molecule is [Pr].[Pr].[Pr].[Tl]. The minimum atomic E-state index is 0. The Kier molecular flexibility index (Phi) is 90.3. The molecular weight excluding hydrogens is 627 g/mol. The van der Waals surface area contributed by atoms with Crippen LogP contribution in [0.2, 0.25) is 0 Å². The fraction of sp³-hybridized carbons (Fsp3) is 0. The maximum Gasteiger partial charge on any atom is 0 e. The van der Waals surface area contributed by atoms with Gasteiger partial charge in [0.15, 0.2) is 0 Å². The molecule has 0 aromatic carbocycles. The summed E-state index contributed by atoms with van der Waals surface area (Å²) >= 11 is 0. The topological polar surface area (TPSA) is 0 Å². The molecule has 0 aromatic heterocycles. The number of hydrogen-bond acceptors (Lipinski definition) is 0. The molecule has 12 valence electrons. The molecule has 0 aliphatic rings. The van der Waals surface area contributed by atoms with Crippen molar-refractivity contribution < 1.29 is 124 Å². The Bertz CT molecular complexity index is 3.25. The van der Waals surface area contributed by atoms with Gasteiger partial charge in [0.25, 0.3) is 0 Å². The third-order valence-electron chi connectivity index (χ3n) is 0. The zero-order valence-electron chi connectivity index (χ0n) is 2.31. The van der Waals surface area contributed by atoms with Crippen LogP contribution in [-0.2, 0) is 0 Å². The van der Waals surface area contributed by atoms with E-state index >= 15 is 0 Å². The smallest absolute Gasteiger partial charge is 0 e. The molecule has 0 nitrogen and oxygen atoms in total. The average molecular weight is 627 g/mol. The predicted octanol–water partition coefficient (Wildman–Crippen LogP) is -0.381. The third kappa shape index (κ3) is 10.1. The van der Waals surface area contributed by atoms with Crippen molar-refractivity contribution in [3.05, 3.63) is 0 Å². The Labute approximate surface area is 146 Å². The van der Waals surface area contributed by atoms with Crippen LogP contribution in [0, 0.1) is 124 Å². The van der Waals surface area contributed by atoms with Crippen molar-refractivity contribution in [2.24, 2.45) is 0 Å². The van der Waals surface area contributed by atoms with Crippen molar-refractivity contribution in [1.82, 2.24) is 0 Å². The van der Waals surface area contributed by atoms with E-state index in [0.29, 0.717) is 0 Å². The van der Waals surface area contributed by atoms with Gasteiger partial charge in [-0.05, 0) is 0 Å². The van der Waals surface area contributed by atoms with Crippen LogP contribution >= 0.6 is 0 Å². The largest absolute Gasteiger partial charge is 0 e. The molecule has 0 fully saturated rings. The summed E-state index contributed by atoms with van der Waals surface area (Å²) in [6.45, 7) is 0. The molecule has 0 saturated heterocycles. The summed E-state index contributed by atoms with van der Waals surface area (Å²) in [5.74, 6) is 0. The Morgan fingerprint density at radius 1 is 0.500 bits per heavy atom. The molecule has 0 rings (SSSR count). The zero-order chi connectivity index (χ0) is 0. The molecule has 0 atom stereocenters. The molecule has 0 heterocycles. The van der Waals surface area contributed by atoms with Gasteiger partial charge in [-0.2, -0.15) is 0 Å². The van der Waals surface area contributed by atoms with Gasteiger partial charge in [-0.25, -0.2) is 0 Å². The Morgan fingerprint density at radius 3 is 0.500 bits per heavy atom. The van der Waals surface area contributed by atoms with Crippen LogP contribution < -0.4 is 0 Å². The number of hydrogen-bond donors (Lipinski definition) is 0. The monoisotopic (exact) mass is 628 g/mol. The van der Waals surface area contributed by atoms with E-state index in [0.717, 1.165) is 0 Å². The summed E-state index contributed by atoms with van der Waals surface area (Å²) < 4.78 is 0. The first-order valence-electron chi connectivity index (χ1n) is 0. The Morgan fingerprint density at radius 2 is 0.500 bits per heavy atom. The van der Waals surface area contributed by atoms with E-state index in [1.807, 2.05) is 0 Å². The summed E-state index contributed by atoms with van der Waals surface area (Å²) in [5, 5.41) is 0. The minimum absolute atomic E-state index is 0. The number of rotatable bonds is 0. The van der Waals surface area contributed by atoms with Crippen LogP contribution in [0.1, 0.15) is 0 Å². The van der Waals surface area contributed by atoms with Crippen LogP contribution in [0.3, 0.4) is 0 Å². The maximum absolute atomic E-state index is 0. The van der Waals surface area contributed by atoms with Crippen molar-refractivity contribution in [3.8, 4) is 0 Å². The molecule has 4 heteroatoms. The van der Waals surface area contributed by atoms with E-state index in [-0.39, 0.29) is 151 Å². The quantitative estimate of drug-likeness (QED) is 0.322. The fourth-order valence-electron chi connectivity index (χ4n) is 0. The fourth-order valence-corrected chi connectivity index (χ4v) is 0. The zero-order valence-corrected chi connectivity index (χ0v) is 17.9. The van der Waals surface area contributed by atoms with E-state index in [4.69, 9.17) is 0 Å². The van der Waals surface area contributed by atoms with Gasteiger partial charge in [0.2, 0.25) is 0 Å². The maximum atomic E-state index is 0.